The van der Waals surface area contributed by atoms with Crippen molar-refractivity contribution in [1.82, 2.24) is 0 Å². The number of anilines is 1. The maximum absolute atomic E-state index is 13.0. The summed E-state index contributed by atoms with van der Waals surface area (Å²) in [5, 5.41) is 3.70. The highest BCUT2D eigenvalue weighted by atomic mass is 32.2. The first kappa shape index (κ1) is 16.0. The average molecular weight is 341 g/mol. The number of unbranched alkanes of at least 4 members (excludes halogenated alkanes) is 1. The fraction of sp³-hybridized carbons (Fsp3) is 0.688. The Kier molecular flexibility index (Phi) is 4.59. The molecule has 1 fully saturated rings. The Balaban J connectivity index is 1.97. The summed E-state index contributed by atoms with van der Waals surface area (Å²) in [6, 6.07) is 0. The first-order valence-electron chi connectivity index (χ1n) is 8.25. The van der Waals surface area contributed by atoms with Gasteiger partial charge in [-0.15, -0.1) is 11.3 Å². The van der Waals surface area contributed by atoms with Gasteiger partial charge in [-0.1, -0.05) is 13.3 Å². The Morgan fingerprint density at radius 2 is 2.09 bits per heavy atom. The minimum atomic E-state index is -2.81. The molecule has 1 heterocycles. The van der Waals surface area contributed by atoms with Crippen LogP contribution in [0.3, 0.4) is 0 Å². The van der Waals surface area contributed by atoms with Crippen LogP contribution in [0.2, 0.25) is 0 Å². The van der Waals surface area contributed by atoms with Crippen molar-refractivity contribution in [3.05, 3.63) is 10.4 Å². The zero-order valence-electron chi connectivity index (χ0n) is 13.1. The molecule has 3 rings (SSSR count). The topological polar surface area (TPSA) is 70.0 Å². The van der Waals surface area contributed by atoms with E-state index in [2.05, 4.69) is 5.32 Å². The fourth-order valence-corrected chi connectivity index (χ4v) is 6.63. The summed E-state index contributed by atoms with van der Waals surface area (Å²) in [5.41, 5.74) is 1.11. The number of rotatable bonds is 6. The molecule has 122 valence electrons. The molecule has 0 spiro atoms. The van der Waals surface area contributed by atoms with E-state index in [4.69, 9.17) is 4.78 Å². The van der Waals surface area contributed by atoms with Crippen LogP contribution < -0.4 is 5.32 Å². The van der Waals surface area contributed by atoms with Gasteiger partial charge in [0.05, 0.1) is 14.6 Å². The Hall–Kier alpha value is -0.880. The van der Waals surface area contributed by atoms with Crippen molar-refractivity contribution < 1.29 is 9.00 Å². The van der Waals surface area contributed by atoms with Crippen molar-refractivity contribution in [2.24, 2.45) is 5.92 Å². The molecule has 1 saturated carbocycles. The third-order valence-corrected chi connectivity index (χ3v) is 7.73. The van der Waals surface area contributed by atoms with Gasteiger partial charge in [-0.25, -0.2) is 8.99 Å². The summed E-state index contributed by atoms with van der Waals surface area (Å²) in [6.07, 6.45) is 7.79. The Morgan fingerprint density at radius 1 is 1.36 bits per heavy atom. The predicted octanol–water partition coefficient (Wildman–Crippen LogP) is 4.18. The van der Waals surface area contributed by atoms with E-state index in [0.29, 0.717) is 15.6 Å². The summed E-state index contributed by atoms with van der Waals surface area (Å²) in [5.74, 6) is 0.578. The van der Waals surface area contributed by atoms with Gasteiger partial charge in [-0.3, -0.25) is 4.79 Å². The third kappa shape index (κ3) is 3.23. The zero-order chi connectivity index (χ0) is 15.7. The summed E-state index contributed by atoms with van der Waals surface area (Å²) >= 11 is 1.56. The van der Waals surface area contributed by atoms with Gasteiger partial charge >= 0.3 is 0 Å². The molecule has 0 bridgehead atoms. The Morgan fingerprint density at radius 3 is 2.77 bits per heavy atom. The van der Waals surface area contributed by atoms with Crippen molar-refractivity contribution in [2.75, 3.05) is 11.1 Å². The van der Waals surface area contributed by atoms with Gasteiger partial charge in [0.25, 0.3) is 0 Å². The van der Waals surface area contributed by atoms with Gasteiger partial charge in [-0.2, -0.15) is 0 Å². The monoisotopic (exact) mass is 340 g/mol. The normalized spacial score (nSPS) is 20.2. The lowest BCUT2D eigenvalue weighted by atomic mass is 9.99. The molecule has 2 aliphatic carbocycles. The lowest BCUT2D eigenvalue weighted by molar-refractivity contribution is -0.117. The smallest absolute Gasteiger partial charge is 0.228 e. The highest BCUT2D eigenvalue weighted by molar-refractivity contribution is 7.92. The molecule has 0 aliphatic heterocycles. The van der Waals surface area contributed by atoms with E-state index in [0.717, 1.165) is 56.9 Å². The molecule has 0 aromatic carbocycles. The van der Waals surface area contributed by atoms with Crippen LogP contribution in [0.1, 0.15) is 55.9 Å². The van der Waals surface area contributed by atoms with Crippen LogP contribution in [-0.4, -0.2) is 15.9 Å². The lowest BCUT2D eigenvalue weighted by Gasteiger charge is -2.15. The number of hydrogen-bond acceptors (Lipinski definition) is 4. The number of thiophene rings is 1. The molecule has 0 radical (unpaired) electrons. The standard InChI is InChI=1S/C16H24N2O2S2/c1-2-3-10-22(17,20)14-12-6-4-5-7-13(12)21-16(14)18-15(19)11-8-9-11/h11,17H,2-10H2,1H3,(H,18,19). The number of hydrogen-bond donors (Lipinski definition) is 2. The molecular formula is C16H24N2O2S2. The van der Waals surface area contributed by atoms with E-state index in [1.54, 1.807) is 11.3 Å². The van der Waals surface area contributed by atoms with Crippen LogP contribution in [0.4, 0.5) is 5.00 Å². The molecule has 1 aromatic heterocycles. The predicted molar refractivity (Wildman–Crippen MR) is 91.2 cm³/mol. The molecule has 1 aromatic rings. The van der Waals surface area contributed by atoms with Crippen LogP contribution in [0, 0.1) is 10.7 Å². The maximum Gasteiger partial charge on any atom is 0.228 e. The minimum absolute atomic E-state index is 0.0468. The number of fused-ring (bicyclic) bond motifs is 1. The molecule has 2 aliphatic rings. The first-order valence-corrected chi connectivity index (χ1v) is 10.8. The molecule has 4 nitrogen and oxygen atoms in total. The van der Waals surface area contributed by atoms with Crippen molar-refractivity contribution >= 4 is 32.0 Å². The third-order valence-electron chi connectivity index (χ3n) is 4.42. The minimum Gasteiger partial charge on any atom is -0.316 e. The van der Waals surface area contributed by atoms with Gasteiger partial charge in [0, 0.05) is 16.5 Å². The fourth-order valence-electron chi connectivity index (χ4n) is 2.98. The molecule has 1 unspecified atom stereocenters. The average Bonchev–Trinajstić information content (AvgIpc) is 3.26. The van der Waals surface area contributed by atoms with Crippen molar-refractivity contribution in [3.8, 4) is 0 Å². The van der Waals surface area contributed by atoms with Crippen LogP contribution in [0.25, 0.3) is 0 Å². The highest BCUT2D eigenvalue weighted by Gasteiger charge is 2.33. The van der Waals surface area contributed by atoms with Gasteiger partial charge < -0.3 is 5.32 Å². The van der Waals surface area contributed by atoms with Crippen LogP contribution in [0.15, 0.2) is 4.90 Å². The molecule has 22 heavy (non-hydrogen) atoms. The van der Waals surface area contributed by atoms with Crippen molar-refractivity contribution in [1.29, 1.82) is 4.78 Å². The molecule has 2 N–H and O–H groups in total. The zero-order valence-corrected chi connectivity index (χ0v) is 14.7. The summed E-state index contributed by atoms with van der Waals surface area (Å²) in [4.78, 5) is 14.0. The van der Waals surface area contributed by atoms with Gasteiger partial charge in [-0.05, 0) is 50.5 Å². The van der Waals surface area contributed by atoms with Crippen LogP contribution in [-0.2, 0) is 27.4 Å². The SMILES string of the molecule is CCCCS(=N)(=O)c1c(NC(=O)C2CC2)sc2c1CCCC2. The Bertz CT molecular complexity index is 673. The van der Waals surface area contributed by atoms with E-state index in [1.807, 2.05) is 6.92 Å². The van der Waals surface area contributed by atoms with Crippen molar-refractivity contribution in [2.45, 2.75) is 63.2 Å². The van der Waals surface area contributed by atoms with Gasteiger partial charge in [0.15, 0.2) is 0 Å². The van der Waals surface area contributed by atoms with Gasteiger partial charge in [0.1, 0.15) is 5.00 Å². The van der Waals surface area contributed by atoms with Gasteiger partial charge in [0.2, 0.25) is 5.91 Å². The molecule has 1 amide bonds. The summed E-state index contributed by atoms with van der Waals surface area (Å²) in [6.45, 7) is 2.05. The van der Waals surface area contributed by atoms with E-state index in [-0.39, 0.29) is 11.8 Å². The molecule has 1 atom stereocenters. The van der Waals surface area contributed by atoms with E-state index < -0.39 is 9.73 Å². The number of nitrogens with one attached hydrogen (secondary N) is 2. The van der Waals surface area contributed by atoms with Crippen LogP contribution >= 0.6 is 11.3 Å². The second-order valence-corrected chi connectivity index (χ2v) is 9.64. The van der Waals surface area contributed by atoms with E-state index >= 15 is 0 Å². The highest BCUT2D eigenvalue weighted by Crippen LogP contribution is 2.42. The second kappa shape index (κ2) is 6.32. The van der Waals surface area contributed by atoms with Crippen LogP contribution in [0.5, 0.6) is 0 Å². The number of carbonyl (C=O) groups is 1. The second-order valence-electron chi connectivity index (χ2n) is 6.37. The maximum atomic E-state index is 13.0. The number of amides is 1. The molecule has 6 heteroatoms. The quantitative estimate of drug-likeness (QED) is 0.815. The Labute approximate surface area is 136 Å². The molecule has 0 saturated heterocycles. The summed E-state index contributed by atoms with van der Waals surface area (Å²) in [7, 11) is -2.81. The summed E-state index contributed by atoms with van der Waals surface area (Å²) < 4.78 is 21.4. The van der Waals surface area contributed by atoms with E-state index in [1.165, 1.54) is 4.88 Å². The van der Waals surface area contributed by atoms with E-state index in [9.17, 15) is 9.00 Å². The first-order chi connectivity index (χ1) is 10.5. The number of carbonyl (C=O) groups excluding carboxylic acids is 1. The number of aryl methyl sites for hydroxylation is 1. The molecular weight excluding hydrogens is 316 g/mol. The lowest BCUT2D eigenvalue weighted by Crippen LogP contribution is -2.16. The van der Waals surface area contributed by atoms with Crippen molar-refractivity contribution in [3.63, 3.8) is 0 Å². The largest absolute Gasteiger partial charge is 0.316 e.